The van der Waals surface area contributed by atoms with Gasteiger partial charge in [-0.2, -0.15) is 19.9 Å². The van der Waals surface area contributed by atoms with Crippen LogP contribution in [0.3, 0.4) is 0 Å². The number of anilines is 8. The van der Waals surface area contributed by atoms with Gasteiger partial charge in [0.15, 0.2) is 46.0 Å². The molecule has 8 aromatic rings. The topological polar surface area (TPSA) is 496 Å². The van der Waals surface area contributed by atoms with Gasteiger partial charge in [-0.25, -0.2) is 19.9 Å². The largest absolute Gasteiger partial charge is 0.493 e. The van der Waals surface area contributed by atoms with Gasteiger partial charge in [0, 0.05) is 95.0 Å². The number of quaternary nitrogens is 3. The maximum absolute atomic E-state index is 6.33. The van der Waals surface area contributed by atoms with Crippen LogP contribution < -0.4 is 115 Å². The summed E-state index contributed by atoms with van der Waals surface area (Å²) in [7, 11) is 11.3. The maximum Gasteiger partial charge on any atom is 0.221 e. The van der Waals surface area contributed by atoms with E-state index in [0.29, 0.717) is 130 Å². The van der Waals surface area contributed by atoms with Gasteiger partial charge in [0.05, 0.1) is 72.9 Å². The van der Waals surface area contributed by atoms with Crippen LogP contribution in [0.25, 0.3) is 24.3 Å². The number of hydrogen-bond acceptors (Lipinski definition) is 27. The van der Waals surface area contributed by atoms with Crippen LogP contribution in [0.5, 0.6) is 63.2 Å². The first kappa shape index (κ1) is 73.0. The van der Waals surface area contributed by atoms with Crippen LogP contribution in [0.2, 0.25) is 0 Å². The Bertz CT molecular complexity index is 4680. The molecule has 0 amide bonds. The van der Waals surface area contributed by atoms with Crippen LogP contribution >= 0.6 is 0 Å². The van der Waals surface area contributed by atoms with E-state index in [4.69, 9.17) is 98.0 Å². The Morgan fingerprint density at radius 3 is 1.20 bits per heavy atom. The minimum atomic E-state index is -0.329. The van der Waals surface area contributed by atoms with Crippen molar-refractivity contribution in [2.45, 2.75) is 108 Å². The molecule has 0 radical (unpaired) electrons. The van der Waals surface area contributed by atoms with Crippen LogP contribution in [-0.4, -0.2) is 120 Å². The van der Waals surface area contributed by atoms with E-state index in [9.17, 15) is 0 Å². The molecule has 4 aromatic carbocycles. The number of fused-ring (bicyclic) bond motifs is 4. The highest BCUT2D eigenvalue weighted by Crippen LogP contribution is 2.52. The van der Waals surface area contributed by atoms with Crippen molar-refractivity contribution in [3.63, 3.8) is 0 Å². The van der Waals surface area contributed by atoms with Gasteiger partial charge in [-0.3, -0.25) is 0 Å². The zero-order valence-corrected chi connectivity index (χ0v) is 60.3. The Hall–Kier alpha value is -11.8. The van der Waals surface area contributed by atoms with Gasteiger partial charge in [0.25, 0.3) is 0 Å². The van der Waals surface area contributed by atoms with Gasteiger partial charge in [0.2, 0.25) is 41.0 Å². The third kappa shape index (κ3) is 15.8. The molecule has 7 aliphatic rings. The van der Waals surface area contributed by atoms with Crippen molar-refractivity contribution in [1.29, 1.82) is 0 Å². The maximum atomic E-state index is 6.33. The standard InChI is InChI=1S/2C19H23N5O3.C19H23N5O2.C18H22N4O3/c1-25-15-6-9(5-10-8-23-19(22)24-18(10)21)11-3-4-14(12-7-13(12)20)27-16(11)17(15)26-2;1-25-14-7-11(15(20)12-8-23-19(22)24-18(12)21)10-5-6-13(9-3-4-9)27-16(10)17(14)26-2;1-25-16-12(8-20)6-11(7-13-9-23-19(22)24-18(13)21)14-4-5-15(10-2-3-10)26-17(14)16;1-4-12-5-6-13-10(7-11-9-21-18(20)22-17(11)19)8-14(23-2)16(24-3)15(13)25-12/h3-4,6,8,12-14H,5,7,20H2,1-2H3,(H4,21,22,23,24);5-9,13,15H,3-4,20H2,1-2H3,(H4,21,22,23,24);4-6,9-10,15H,2-3,7-8,20H2,1H3,(H4,21,22,23,24);5-6,8-9,12H,4,7H2,1-3H3,(H4,19,20,21,22)/p+3. The van der Waals surface area contributed by atoms with Gasteiger partial charge in [-0.1, -0.05) is 31.2 Å². The molecule has 30 heteroatoms. The number of methoxy groups -OCH3 is 7. The smallest absolute Gasteiger partial charge is 0.221 e. The molecule has 15 rings (SSSR count). The zero-order chi connectivity index (χ0) is 74.5. The molecule has 30 nitrogen and oxygen atoms in total. The van der Waals surface area contributed by atoms with Crippen LogP contribution in [0.4, 0.5) is 47.1 Å². The van der Waals surface area contributed by atoms with Crippen LogP contribution in [0.15, 0.2) is 73.4 Å². The lowest BCUT2D eigenvalue weighted by molar-refractivity contribution is -0.411. The fourth-order valence-electron chi connectivity index (χ4n) is 13.3. The zero-order valence-electron chi connectivity index (χ0n) is 60.3. The van der Waals surface area contributed by atoms with Gasteiger partial charge < -0.3 is 115 Å². The van der Waals surface area contributed by atoms with E-state index in [0.717, 1.165) is 91.1 Å². The van der Waals surface area contributed by atoms with E-state index in [-0.39, 0.29) is 54.3 Å². The average Bonchev–Trinajstić information content (AvgIpc) is 1.69. The van der Waals surface area contributed by atoms with Crippen LogP contribution in [-0.2, 0) is 25.8 Å². The van der Waals surface area contributed by atoms with Gasteiger partial charge in [0.1, 0.15) is 60.3 Å². The summed E-state index contributed by atoms with van der Waals surface area (Å²) >= 11 is 0. The van der Waals surface area contributed by atoms with E-state index >= 15 is 0 Å². The number of rotatable bonds is 20. The lowest BCUT2D eigenvalue weighted by Gasteiger charge is -2.27. The fraction of sp³-hybridized carbons (Fsp3) is 0.360. The fourth-order valence-corrected chi connectivity index (χ4v) is 13.3. The molecule has 552 valence electrons. The molecule has 4 aliphatic heterocycles. The van der Waals surface area contributed by atoms with Crippen molar-refractivity contribution in [3.05, 3.63) is 146 Å². The highest BCUT2D eigenvalue weighted by molar-refractivity contribution is 5.76. The van der Waals surface area contributed by atoms with E-state index in [2.05, 4.69) is 113 Å². The molecule has 3 fully saturated rings. The molecule has 0 saturated heterocycles. The third-order valence-electron chi connectivity index (χ3n) is 19.5. The second-order valence-corrected chi connectivity index (χ2v) is 26.3. The summed E-state index contributed by atoms with van der Waals surface area (Å²) in [6.45, 7) is 2.68. The molecule has 7 atom stereocenters. The third-order valence-corrected chi connectivity index (χ3v) is 19.5. The summed E-state index contributed by atoms with van der Waals surface area (Å²) in [5.41, 5.74) is 70.8. The van der Waals surface area contributed by atoms with E-state index < -0.39 is 0 Å². The highest BCUT2D eigenvalue weighted by Gasteiger charge is 2.46. The van der Waals surface area contributed by atoms with Gasteiger partial charge in [-0.05, 0) is 109 Å². The highest BCUT2D eigenvalue weighted by atomic mass is 16.6. The number of ether oxygens (including phenoxy) is 11. The molecule has 3 saturated carbocycles. The van der Waals surface area contributed by atoms with Crippen molar-refractivity contribution in [2.75, 3.05) is 95.6 Å². The summed E-state index contributed by atoms with van der Waals surface area (Å²) in [5, 5.41) is 0. The molecule has 3 aliphatic carbocycles. The summed E-state index contributed by atoms with van der Waals surface area (Å²) < 4.78 is 64.0. The predicted octanol–water partition coefficient (Wildman–Crippen LogP) is 5.43. The summed E-state index contributed by atoms with van der Waals surface area (Å²) in [6, 6.07) is 7.96. The summed E-state index contributed by atoms with van der Waals surface area (Å²) in [6.07, 6.45) is 31.9. The molecule has 0 spiro atoms. The molecule has 4 aromatic heterocycles. The lowest BCUT2D eigenvalue weighted by atomic mass is 9.92. The Kier molecular flexibility index (Phi) is 21.9. The minimum absolute atomic E-state index is 0.00113. The van der Waals surface area contributed by atoms with Crippen molar-refractivity contribution in [2.24, 2.45) is 17.8 Å². The van der Waals surface area contributed by atoms with Gasteiger partial charge >= 0.3 is 0 Å². The molecule has 8 heterocycles. The van der Waals surface area contributed by atoms with Crippen molar-refractivity contribution < 1.29 is 69.3 Å². The van der Waals surface area contributed by atoms with E-state index in [1.165, 1.54) is 25.7 Å². The van der Waals surface area contributed by atoms with Gasteiger partial charge in [-0.15, -0.1) is 0 Å². The Balaban J connectivity index is 0.000000132. The molecule has 0 bridgehead atoms. The second-order valence-electron chi connectivity index (χ2n) is 26.3. The lowest BCUT2D eigenvalue weighted by Crippen LogP contribution is -2.54. The quantitative estimate of drug-likeness (QED) is 0.0453. The van der Waals surface area contributed by atoms with E-state index in [1.54, 1.807) is 74.6 Å². The number of hydrogen-bond donors (Lipinski definition) is 11. The Labute approximate surface area is 608 Å². The normalized spacial score (nSPS) is 19.0. The number of aromatic nitrogens is 8. The average molecular weight is 1440 g/mol. The molecule has 105 heavy (non-hydrogen) atoms. The summed E-state index contributed by atoms with van der Waals surface area (Å²) in [5.74, 6) is 10.9. The second kappa shape index (κ2) is 31.5. The monoisotopic (exact) mass is 1440 g/mol. The number of nitrogen functional groups attached to an aromatic ring is 8. The van der Waals surface area contributed by atoms with Crippen LogP contribution in [0.1, 0.15) is 124 Å². The molecule has 7 unspecified atom stereocenters. The first-order valence-corrected chi connectivity index (χ1v) is 34.6. The van der Waals surface area contributed by atoms with Crippen LogP contribution in [0, 0.1) is 17.8 Å². The predicted molar refractivity (Wildman–Crippen MR) is 399 cm³/mol. The minimum Gasteiger partial charge on any atom is -0.493 e. The number of benzene rings is 4. The first-order chi connectivity index (χ1) is 50.7. The van der Waals surface area contributed by atoms with Crippen molar-refractivity contribution in [3.8, 4) is 63.2 Å². The first-order valence-electron chi connectivity index (χ1n) is 34.6. The van der Waals surface area contributed by atoms with Crippen molar-refractivity contribution in [1.82, 2.24) is 39.9 Å². The molecular formula is C75H94N19O11+3. The van der Waals surface area contributed by atoms with E-state index in [1.807, 2.05) is 24.3 Å². The molecular weight excluding hydrogens is 1340 g/mol. The summed E-state index contributed by atoms with van der Waals surface area (Å²) in [4.78, 5) is 32.4. The Morgan fingerprint density at radius 1 is 0.429 bits per heavy atom. The molecule has 25 N–H and O–H groups in total. The number of nitrogens with zero attached hydrogens (tertiary/aromatic N) is 8. The number of nitrogens with two attached hydrogens (primary N) is 8. The Morgan fingerprint density at radius 2 is 0.800 bits per heavy atom. The van der Waals surface area contributed by atoms with Crippen molar-refractivity contribution >= 4 is 71.4 Å². The SMILES string of the molecule is CCC1C=Cc2c(Cc3cnc(N)nc3N)cc(OC)c(OC)c2O1.COc1c(C[NH3+])cc(Cc2cnc(N)nc2N)c2c1OC(C1CC1)C=C2.COc1cc(C([NH3+])c2cnc(N)nc2N)c2c(c1OC)OC(C1CC1)C=C2.COc1cc(Cc2cnc(N)nc2N)c2c(c1OC)OC(C1CC1[NH3+])C=C2.